The van der Waals surface area contributed by atoms with Gasteiger partial charge in [-0.1, -0.05) is 80.5 Å². The zero-order valence-corrected chi connectivity index (χ0v) is 20.6. The number of aromatic nitrogens is 2. The van der Waals surface area contributed by atoms with Crippen molar-refractivity contribution in [2.75, 3.05) is 7.11 Å². The van der Waals surface area contributed by atoms with Crippen molar-refractivity contribution >= 4 is 10.8 Å². The molecule has 0 saturated carbocycles. The van der Waals surface area contributed by atoms with Crippen LogP contribution in [0.2, 0.25) is 0 Å². The topological polar surface area (TPSA) is 68.4 Å². The van der Waals surface area contributed by atoms with Crippen molar-refractivity contribution in [3.8, 4) is 45.5 Å². The highest BCUT2D eigenvalue weighted by Gasteiger charge is 2.24. The summed E-state index contributed by atoms with van der Waals surface area (Å²) in [5.74, 6) is 1.44. The molecule has 0 bridgehead atoms. The highest BCUT2D eigenvalue weighted by Crippen LogP contribution is 2.43. The number of benzene rings is 4. The van der Waals surface area contributed by atoms with E-state index >= 15 is 0 Å². The summed E-state index contributed by atoms with van der Waals surface area (Å²) in [6, 6.07) is 23.9. The molecule has 35 heavy (non-hydrogen) atoms. The molecule has 4 aromatic carbocycles. The lowest BCUT2D eigenvalue weighted by Crippen LogP contribution is -2.11. The van der Waals surface area contributed by atoms with Crippen LogP contribution in [0.25, 0.3) is 44.7 Å². The summed E-state index contributed by atoms with van der Waals surface area (Å²) in [6.07, 6.45) is 0. The van der Waals surface area contributed by atoms with E-state index in [0.29, 0.717) is 23.0 Å². The Morgan fingerprint density at radius 1 is 0.857 bits per heavy atom. The number of phenolic OH excluding ortho intramolecular Hbond substituents is 1. The number of fused-ring (bicyclic) bond motifs is 1. The van der Waals surface area contributed by atoms with Crippen molar-refractivity contribution in [2.45, 2.75) is 33.1 Å². The predicted octanol–water partition coefficient (Wildman–Crippen LogP) is 7.54. The molecule has 0 aliphatic rings. The van der Waals surface area contributed by atoms with Gasteiger partial charge in [-0.15, -0.1) is 0 Å². The molecule has 5 nitrogen and oxygen atoms in total. The summed E-state index contributed by atoms with van der Waals surface area (Å²) in [5.41, 5.74) is 4.98. The smallest absolute Gasteiger partial charge is 0.262 e. The van der Waals surface area contributed by atoms with Gasteiger partial charge in [-0.3, -0.25) is 0 Å². The van der Waals surface area contributed by atoms with Gasteiger partial charge >= 0.3 is 0 Å². The number of hydrogen-bond acceptors (Lipinski definition) is 5. The molecule has 0 atom stereocenters. The maximum absolute atomic E-state index is 11.4. The molecule has 0 saturated heterocycles. The maximum atomic E-state index is 11.4. The van der Waals surface area contributed by atoms with Crippen molar-refractivity contribution in [1.82, 2.24) is 10.1 Å². The Labute approximate surface area is 205 Å². The third-order valence-corrected chi connectivity index (χ3v) is 6.40. The van der Waals surface area contributed by atoms with Crippen LogP contribution in [0.15, 0.2) is 77.3 Å². The summed E-state index contributed by atoms with van der Waals surface area (Å²) in [7, 11) is 1.62. The molecule has 0 radical (unpaired) electrons. The van der Waals surface area contributed by atoms with Crippen molar-refractivity contribution in [2.24, 2.45) is 0 Å². The Kier molecular flexibility index (Phi) is 5.56. The van der Waals surface area contributed by atoms with E-state index in [1.165, 1.54) is 0 Å². The fourth-order valence-electron chi connectivity index (χ4n) is 4.40. The number of aryl methyl sites for hydroxylation is 1. The highest BCUT2D eigenvalue weighted by atomic mass is 16.5. The molecule has 1 heterocycles. The first kappa shape index (κ1) is 22.7. The number of ether oxygens (including phenoxy) is 1. The quantitative estimate of drug-likeness (QED) is 0.297. The first-order chi connectivity index (χ1) is 16.8. The van der Waals surface area contributed by atoms with Crippen LogP contribution in [0.1, 0.15) is 31.9 Å². The molecular formula is C30H28N2O3. The summed E-state index contributed by atoms with van der Waals surface area (Å²) in [6.45, 7) is 8.48. The minimum atomic E-state index is -0.148. The van der Waals surface area contributed by atoms with E-state index in [1.54, 1.807) is 7.11 Å². The highest BCUT2D eigenvalue weighted by molar-refractivity contribution is 5.98. The monoisotopic (exact) mass is 464 g/mol. The van der Waals surface area contributed by atoms with Crippen LogP contribution in [-0.2, 0) is 5.41 Å². The Morgan fingerprint density at radius 2 is 1.57 bits per heavy atom. The fourth-order valence-corrected chi connectivity index (χ4v) is 4.40. The molecule has 1 aromatic heterocycles. The van der Waals surface area contributed by atoms with Crippen LogP contribution < -0.4 is 4.74 Å². The van der Waals surface area contributed by atoms with Crippen LogP contribution >= 0.6 is 0 Å². The Hall–Kier alpha value is -4.12. The average Bonchev–Trinajstić information content (AvgIpc) is 3.32. The standard InChI is InChI=1S/C30H28N2O3/c1-18-10-6-8-12-21(18)23-16-20(30(2,3)4)17-24(27(23)33)28-31-29(35-32-28)26-22-13-9-7-11-19(22)14-15-25(26)34-5/h6-17,33H,1-5H3. The molecule has 0 amide bonds. The van der Waals surface area contributed by atoms with Gasteiger partial charge in [0.15, 0.2) is 0 Å². The van der Waals surface area contributed by atoms with Gasteiger partial charge < -0.3 is 14.4 Å². The second-order valence-corrected chi connectivity index (χ2v) is 9.77. The van der Waals surface area contributed by atoms with E-state index in [1.807, 2.05) is 73.7 Å². The number of rotatable bonds is 4. The second kappa shape index (κ2) is 8.58. The number of nitrogens with zero attached hydrogens (tertiary/aromatic N) is 2. The van der Waals surface area contributed by atoms with Gasteiger partial charge in [0.2, 0.25) is 5.82 Å². The van der Waals surface area contributed by atoms with Gasteiger partial charge in [-0.05, 0) is 58.0 Å². The number of aromatic hydroxyl groups is 1. The minimum Gasteiger partial charge on any atom is -0.507 e. The summed E-state index contributed by atoms with van der Waals surface area (Å²) in [5, 5.41) is 17.7. The van der Waals surface area contributed by atoms with Gasteiger partial charge in [0.1, 0.15) is 11.5 Å². The molecule has 1 N–H and O–H groups in total. The largest absolute Gasteiger partial charge is 0.507 e. The second-order valence-electron chi connectivity index (χ2n) is 9.77. The molecule has 0 aliphatic heterocycles. The Bertz CT molecular complexity index is 1540. The van der Waals surface area contributed by atoms with Crippen molar-refractivity contribution in [1.29, 1.82) is 0 Å². The van der Waals surface area contributed by atoms with Crippen LogP contribution in [0, 0.1) is 6.92 Å². The van der Waals surface area contributed by atoms with Crippen molar-refractivity contribution in [3.63, 3.8) is 0 Å². The number of phenols is 1. The minimum absolute atomic E-state index is 0.129. The zero-order chi connectivity index (χ0) is 24.7. The van der Waals surface area contributed by atoms with E-state index in [2.05, 4.69) is 32.0 Å². The lowest BCUT2D eigenvalue weighted by atomic mass is 9.83. The van der Waals surface area contributed by atoms with E-state index in [-0.39, 0.29) is 11.2 Å². The lowest BCUT2D eigenvalue weighted by Gasteiger charge is -2.22. The third kappa shape index (κ3) is 4.03. The van der Waals surface area contributed by atoms with E-state index in [9.17, 15) is 5.11 Å². The van der Waals surface area contributed by atoms with Gasteiger partial charge in [-0.2, -0.15) is 4.98 Å². The van der Waals surface area contributed by atoms with E-state index < -0.39 is 0 Å². The van der Waals surface area contributed by atoms with Crippen molar-refractivity contribution in [3.05, 3.63) is 83.9 Å². The molecular weight excluding hydrogens is 436 g/mol. The molecule has 5 aromatic rings. The van der Waals surface area contributed by atoms with Gasteiger partial charge in [-0.25, -0.2) is 0 Å². The molecule has 0 unspecified atom stereocenters. The number of methoxy groups -OCH3 is 1. The molecule has 176 valence electrons. The molecule has 0 fully saturated rings. The third-order valence-electron chi connectivity index (χ3n) is 6.40. The van der Waals surface area contributed by atoms with E-state index in [4.69, 9.17) is 14.2 Å². The van der Waals surface area contributed by atoms with Crippen LogP contribution in [0.4, 0.5) is 0 Å². The lowest BCUT2D eigenvalue weighted by molar-refractivity contribution is 0.406. The molecule has 5 heteroatoms. The molecule has 0 aliphatic carbocycles. The van der Waals surface area contributed by atoms with Crippen LogP contribution in [0.3, 0.4) is 0 Å². The first-order valence-electron chi connectivity index (χ1n) is 11.6. The van der Waals surface area contributed by atoms with Crippen LogP contribution in [0.5, 0.6) is 11.5 Å². The molecule has 0 spiro atoms. The Balaban J connectivity index is 1.72. The van der Waals surface area contributed by atoms with Crippen molar-refractivity contribution < 1.29 is 14.4 Å². The average molecular weight is 465 g/mol. The zero-order valence-electron chi connectivity index (χ0n) is 20.6. The van der Waals surface area contributed by atoms with E-state index in [0.717, 1.165) is 38.6 Å². The summed E-state index contributed by atoms with van der Waals surface area (Å²) in [4.78, 5) is 4.73. The van der Waals surface area contributed by atoms with Gasteiger partial charge in [0.05, 0.1) is 18.2 Å². The normalized spacial score (nSPS) is 11.7. The fraction of sp³-hybridized carbons (Fsp3) is 0.200. The Morgan fingerprint density at radius 3 is 2.31 bits per heavy atom. The molecule has 5 rings (SSSR count). The SMILES string of the molecule is COc1ccc2ccccc2c1-c1nc(-c2cc(C(C)(C)C)cc(-c3ccccc3C)c2O)no1. The predicted molar refractivity (Wildman–Crippen MR) is 140 cm³/mol. The van der Waals surface area contributed by atoms with Crippen LogP contribution in [-0.4, -0.2) is 22.4 Å². The number of hydrogen-bond donors (Lipinski definition) is 1. The first-order valence-corrected chi connectivity index (χ1v) is 11.6. The summed E-state index contributed by atoms with van der Waals surface area (Å²) < 4.78 is 11.4. The maximum Gasteiger partial charge on any atom is 0.262 e. The van der Waals surface area contributed by atoms with Gasteiger partial charge in [0.25, 0.3) is 5.89 Å². The van der Waals surface area contributed by atoms with Gasteiger partial charge in [0, 0.05) is 5.56 Å². The summed E-state index contributed by atoms with van der Waals surface area (Å²) >= 11 is 0.